The molecule has 0 saturated heterocycles. The van der Waals surface area contributed by atoms with Gasteiger partial charge in [-0.05, 0) is 106 Å². The molecule has 4 nitrogen and oxygen atoms in total. The lowest BCUT2D eigenvalue weighted by Crippen LogP contribution is -2.09. The number of nitrogens with zero attached hydrogens (tertiary/aromatic N) is 1. The lowest BCUT2D eigenvalue weighted by molar-refractivity contribution is 0.241. The molecule has 0 amide bonds. The molecule has 0 aliphatic carbocycles. The van der Waals surface area contributed by atoms with Gasteiger partial charge in [-0.3, -0.25) is 0 Å². The molecule has 0 aromatic heterocycles. The van der Waals surface area contributed by atoms with Crippen molar-refractivity contribution in [2.24, 2.45) is 0 Å². The van der Waals surface area contributed by atoms with E-state index in [1.54, 1.807) is 36.4 Å². The second-order valence-corrected chi connectivity index (χ2v) is 11.5. The normalized spacial score (nSPS) is 10.6. The monoisotopic (exact) mass is 761 g/mol. The Hall–Kier alpha value is -6.89. The average Bonchev–Trinajstić information content (AvgIpc) is 3.19. The standard InChI is InChI=1S/C42H24F9NO3/c43-37(44)40(49)53-34-19-7-28(8-20-34)25-1-13-31(14-2-25)52(32-15-3-26(4-16-32)29-9-21-35(22-10-29)54-41(50)38(45)46)33-17-5-27(6-18-33)30-11-23-36(24-12-30)55-42(51)39(47)48/h1-24H. The molecule has 55 heavy (non-hydrogen) atoms. The van der Waals surface area contributed by atoms with Crippen molar-refractivity contribution >= 4 is 17.1 Å². The SMILES string of the molecule is FC(F)=C(F)Oc1ccc(-c2ccc(N(c3ccc(-c4ccc(OC(F)=C(F)F)cc4)cc3)c3ccc(-c4ccc(OC(F)=C(F)F)cc4)cc3)cc2)cc1. The zero-order chi connectivity index (χ0) is 39.1. The average molecular weight is 762 g/mol. The summed E-state index contributed by atoms with van der Waals surface area (Å²) in [6.45, 7) is 0. The van der Waals surface area contributed by atoms with E-state index in [2.05, 4.69) is 14.2 Å². The lowest BCUT2D eigenvalue weighted by Gasteiger charge is -2.26. The number of hydrogen-bond acceptors (Lipinski definition) is 4. The van der Waals surface area contributed by atoms with E-state index in [9.17, 15) is 39.5 Å². The van der Waals surface area contributed by atoms with Gasteiger partial charge in [0, 0.05) is 17.1 Å². The van der Waals surface area contributed by atoms with Crippen molar-refractivity contribution < 1.29 is 53.7 Å². The smallest absolute Gasteiger partial charge is 0.344 e. The predicted octanol–water partition coefficient (Wildman–Crippen LogP) is 14.4. The summed E-state index contributed by atoms with van der Waals surface area (Å²) in [5.74, 6) is -0.309. The van der Waals surface area contributed by atoms with Crippen LogP contribution in [-0.2, 0) is 0 Å². The molecule has 0 unspecified atom stereocenters. The van der Waals surface area contributed by atoms with Gasteiger partial charge in [0.25, 0.3) is 0 Å². The Balaban J connectivity index is 1.29. The Morgan fingerprint density at radius 1 is 0.273 bits per heavy atom. The third-order valence-corrected chi connectivity index (χ3v) is 8.01. The molecule has 0 fully saturated rings. The maximum absolute atomic E-state index is 13.2. The fraction of sp³-hybridized carbons (Fsp3) is 0. The van der Waals surface area contributed by atoms with E-state index in [0.29, 0.717) is 16.7 Å². The minimum Gasteiger partial charge on any atom is -0.428 e. The molecule has 0 radical (unpaired) electrons. The Morgan fingerprint density at radius 2 is 0.455 bits per heavy atom. The molecule has 6 aromatic rings. The van der Waals surface area contributed by atoms with Crippen LogP contribution in [0.15, 0.2) is 182 Å². The van der Waals surface area contributed by atoms with Crippen LogP contribution in [0.2, 0.25) is 0 Å². The molecule has 0 aliphatic rings. The van der Waals surface area contributed by atoms with Crippen molar-refractivity contribution in [1.29, 1.82) is 0 Å². The van der Waals surface area contributed by atoms with Gasteiger partial charge in [-0.15, -0.1) is 0 Å². The van der Waals surface area contributed by atoms with Gasteiger partial charge >= 0.3 is 36.3 Å². The third-order valence-electron chi connectivity index (χ3n) is 8.01. The second kappa shape index (κ2) is 16.8. The molecule has 6 rings (SSSR count). The van der Waals surface area contributed by atoms with Crippen molar-refractivity contribution in [3.8, 4) is 50.6 Å². The van der Waals surface area contributed by atoms with Crippen LogP contribution in [0.3, 0.4) is 0 Å². The summed E-state index contributed by atoms with van der Waals surface area (Å²) in [5, 5.41) is 0. The van der Waals surface area contributed by atoms with Crippen molar-refractivity contribution in [1.82, 2.24) is 0 Å². The van der Waals surface area contributed by atoms with Gasteiger partial charge in [-0.2, -0.15) is 39.5 Å². The van der Waals surface area contributed by atoms with Gasteiger partial charge < -0.3 is 19.1 Å². The van der Waals surface area contributed by atoms with Crippen LogP contribution >= 0.6 is 0 Å². The Kier molecular flexibility index (Phi) is 11.6. The van der Waals surface area contributed by atoms with Crippen molar-refractivity contribution in [3.63, 3.8) is 0 Å². The summed E-state index contributed by atoms with van der Waals surface area (Å²) in [7, 11) is 0. The van der Waals surface area contributed by atoms with Crippen molar-refractivity contribution in [2.45, 2.75) is 0 Å². The third kappa shape index (κ3) is 9.38. The molecule has 0 spiro atoms. The van der Waals surface area contributed by atoms with Crippen LogP contribution in [0.4, 0.5) is 56.6 Å². The van der Waals surface area contributed by atoms with Crippen LogP contribution in [0, 0.1) is 0 Å². The summed E-state index contributed by atoms with van der Waals surface area (Å²) in [5.41, 5.74) is 6.64. The topological polar surface area (TPSA) is 30.9 Å². The van der Waals surface area contributed by atoms with Gasteiger partial charge in [0.1, 0.15) is 17.2 Å². The largest absolute Gasteiger partial charge is 0.428 e. The highest BCUT2D eigenvalue weighted by atomic mass is 19.3. The first kappa shape index (κ1) is 37.9. The van der Waals surface area contributed by atoms with E-state index >= 15 is 0 Å². The Labute approximate surface area is 307 Å². The first-order valence-corrected chi connectivity index (χ1v) is 16.0. The van der Waals surface area contributed by atoms with Gasteiger partial charge in [0.15, 0.2) is 0 Å². The highest BCUT2D eigenvalue weighted by Gasteiger charge is 2.15. The number of hydrogen-bond donors (Lipinski definition) is 0. The zero-order valence-electron chi connectivity index (χ0n) is 27.9. The minimum atomic E-state index is -2.57. The molecular formula is C42H24F9NO3. The quantitative estimate of drug-likeness (QED) is 0.0918. The first-order chi connectivity index (χ1) is 26.4. The minimum absolute atomic E-state index is 0.103. The van der Waals surface area contributed by atoms with E-state index in [4.69, 9.17) is 0 Å². The Bertz CT molecular complexity index is 2060. The summed E-state index contributed by atoms with van der Waals surface area (Å²) in [6.07, 6.45) is -7.70. The fourth-order valence-electron chi connectivity index (χ4n) is 5.43. The second-order valence-electron chi connectivity index (χ2n) is 11.5. The molecule has 278 valence electrons. The highest BCUT2D eigenvalue weighted by Crippen LogP contribution is 2.38. The van der Waals surface area contributed by atoms with Crippen LogP contribution in [0.25, 0.3) is 33.4 Å². The molecule has 0 saturated carbocycles. The Morgan fingerprint density at radius 3 is 0.636 bits per heavy atom. The number of halogens is 9. The molecule has 0 aliphatic heterocycles. The predicted molar refractivity (Wildman–Crippen MR) is 190 cm³/mol. The van der Waals surface area contributed by atoms with Crippen molar-refractivity contribution in [2.75, 3.05) is 4.90 Å². The number of benzene rings is 6. The van der Waals surface area contributed by atoms with Crippen molar-refractivity contribution in [3.05, 3.63) is 182 Å². The highest BCUT2D eigenvalue weighted by molar-refractivity contribution is 5.81. The molecule has 6 aromatic carbocycles. The van der Waals surface area contributed by atoms with Crippen LogP contribution < -0.4 is 19.1 Å². The summed E-state index contributed by atoms with van der Waals surface area (Å²) in [4.78, 5) is 1.96. The number of anilines is 3. The molecule has 0 N–H and O–H groups in total. The zero-order valence-corrected chi connectivity index (χ0v) is 27.9. The summed E-state index contributed by atoms with van der Waals surface area (Å²) < 4.78 is 128. The van der Waals surface area contributed by atoms with Gasteiger partial charge in [0.2, 0.25) is 0 Å². The number of ether oxygens (including phenoxy) is 3. The van der Waals surface area contributed by atoms with Crippen LogP contribution in [0.5, 0.6) is 17.2 Å². The fourth-order valence-corrected chi connectivity index (χ4v) is 5.43. The van der Waals surface area contributed by atoms with E-state index in [1.165, 1.54) is 36.4 Å². The first-order valence-electron chi connectivity index (χ1n) is 16.0. The van der Waals surface area contributed by atoms with E-state index in [0.717, 1.165) is 33.8 Å². The van der Waals surface area contributed by atoms with Gasteiger partial charge in [-0.1, -0.05) is 72.8 Å². The maximum Gasteiger partial charge on any atom is 0.344 e. The molecular weight excluding hydrogens is 737 g/mol. The van der Waals surface area contributed by atoms with Gasteiger partial charge in [-0.25, -0.2) is 0 Å². The molecule has 0 heterocycles. The molecule has 13 heteroatoms. The number of rotatable bonds is 12. The maximum atomic E-state index is 13.2. The molecule has 0 atom stereocenters. The summed E-state index contributed by atoms with van der Waals surface area (Å²) >= 11 is 0. The van der Waals surface area contributed by atoms with E-state index in [-0.39, 0.29) is 17.2 Å². The van der Waals surface area contributed by atoms with Crippen LogP contribution in [-0.4, -0.2) is 0 Å². The summed E-state index contributed by atoms with van der Waals surface area (Å²) in [6, 6.07) is 34.0. The van der Waals surface area contributed by atoms with Gasteiger partial charge in [0.05, 0.1) is 0 Å². The van der Waals surface area contributed by atoms with E-state index in [1.807, 2.05) is 77.7 Å². The van der Waals surface area contributed by atoms with E-state index < -0.39 is 36.3 Å². The van der Waals surface area contributed by atoms with Crippen LogP contribution in [0.1, 0.15) is 0 Å². The molecule has 0 bridgehead atoms. The lowest BCUT2D eigenvalue weighted by atomic mass is 10.0.